The molecule has 1 saturated heterocycles. The highest BCUT2D eigenvalue weighted by molar-refractivity contribution is 5.86. The number of rotatable bonds is 3. The largest absolute Gasteiger partial charge is 0.375 e. The first-order chi connectivity index (χ1) is 9.57. The predicted molar refractivity (Wildman–Crippen MR) is 82.3 cm³/mol. The molecule has 0 bridgehead atoms. The first-order valence-electron chi connectivity index (χ1n) is 7.42. The maximum atomic E-state index is 12.5. The van der Waals surface area contributed by atoms with Gasteiger partial charge in [0.15, 0.2) is 0 Å². The SMILES string of the molecule is COCC(=O)N1CCN(C(=O)C2(N)CCCCC2)CC1.Cl. The highest BCUT2D eigenvalue weighted by Crippen LogP contribution is 2.28. The van der Waals surface area contributed by atoms with Crippen molar-refractivity contribution in [2.24, 2.45) is 5.73 Å². The second-order valence-corrected chi connectivity index (χ2v) is 5.82. The van der Waals surface area contributed by atoms with E-state index in [0.717, 1.165) is 25.7 Å². The molecule has 0 spiro atoms. The average Bonchev–Trinajstić information content (AvgIpc) is 2.48. The number of piperazine rings is 1. The fourth-order valence-corrected chi connectivity index (χ4v) is 3.09. The van der Waals surface area contributed by atoms with Gasteiger partial charge in [0.1, 0.15) is 6.61 Å². The van der Waals surface area contributed by atoms with Crippen molar-refractivity contribution in [1.29, 1.82) is 0 Å². The molecule has 2 aliphatic rings. The lowest BCUT2D eigenvalue weighted by Gasteiger charge is -2.41. The number of hydrogen-bond acceptors (Lipinski definition) is 4. The van der Waals surface area contributed by atoms with E-state index in [2.05, 4.69) is 0 Å². The zero-order valence-corrected chi connectivity index (χ0v) is 13.5. The molecule has 1 aliphatic carbocycles. The Morgan fingerprint density at radius 2 is 1.57 bits per heavy atom. The number of nitrogens with two attached hydrogens (primary N) is 1. The number of nitrogens with zero attached hydrogens (tertiary/aromatic N) is 2. The lowest BCUT2D eigenvalue weighted by atomic mass is 9.81. The van der Waals surface area contributed by atoms with Crippen molar-refractivity contribution in [2.45, 2.75) is 37.6 Å². The first-order valence-corrected chi connectivity index (χ1v) is 7.42. The van der Waals surface area contributed by atoms with Crippen LogP contribution in [0.25, 0.3) is 0 Å². The summed E-state index contributed by atoms with van der Waals surface area (Å²) in [5, 5.41) is 0. The highest BCUT2D eigenvalue weighted by Gasteiger charge is 2.39. The summed E-state index contributed by atoms with van der Waals surface area (Å²) in [5.74, 6) is 0.0516. The van der Waals surface area contributed by atoms with Crippen LogP contribution in [0.3, 0.4) is 0 Å². The molecule has 1 heterocycles. The van der Waals surface area contributed by atoms with E-state index in [1.54, 1.807) is 4.90 Å². The number of carbonyl (C=O) groups is 2. The van der Waals surface area contributed by atoms with Gasteiger partial charge in [0, 0.05) is 33.3 Å². The van der Waals surface area contributed by atoms with Crippen LogP contribution in [0.5, 0.6) is 0 Å². The van der Waals surface area contributed by atoms with Crippen molar-refractivity contribution in [3.63, 3.8) is 0 Å². The fourth-order valence-electron chi connectivity index (χ4n) is 3.09. The number of halogens is 1. The molecule has 122 valence electrons. The third kappa shape index (κ3) is 4.31. The van der Waals surface area contributed by atoms with Crippen molar-refractivity contribution in [3.8, 4) is 0 Å². The van der Waals surface area contributed by atoms with E-state index >= 15 is 0 Å². The lowest BCUT2D eigenvalue weighted by Crippen LogP contribution is -2.60. The molecular weight excluding hydrogens is 294 g/mol. The van der Waals surface area contributed by atoms with Crippen LogP contribution in [0.1, 0.15) is 32.1 Å². The molecule has 0 unspecified atom stereocenters. The molecule has 0 atom stereocenters. The molecule has 0 aromatic carbocycles. The van der Waals surface area contributed by atoms with Gasteiger partial charge in [0.05, 0.1) is 5.54 Å². The van der Waals surface area contributed by atoms with Crippen LogP contribution in [-0.4, -0.2) is 67.0 Å². The van der Waals surface area contributed by atoms with Crippen LogP contribution < -0.4 is 5.73 Å². The smallest absolute Gasteiger partial charge is 0.248 e. The molecule has 2 amide bonds. The predicted octanol–water partition coefficient (Wildman–Crippen LogP) is 0.387. The summed E-state index contributed by atoms with van der Waals surface area (Å²) in [6, 6.07) is 0. The molecule has 7 heteroatoms. The van der Waals surface area contributed by atoms with E-state index in [-0.39, 0.29) is 30.8 Å². The van der Waals surface area contributed by atoms with E-state index < -0.39 is 5.54 Å². The number of hydrogen-bond donors (Lipinski definition) is 1. The van der Waals surface area contributed by atoms with Crippen LogP contribution in [-0.2, 0) is 14.3 Å². The highest BCUT2D eigenvalue weighted by atomic mass is 35.5. The monoisotopic (exact) mass is 319 g/mol. The van der Waals surface area contributed by atoms with Crippen molar-refractivity contribution >= 4 is 24.2 Å². The number of methoxy groups -OCH3 is 1. The quantitative estimate of drug-likeness (QED) is 0.816. The molecular formula is C14H26ClN3O3. The molecule has 0 aromatic heterocycles. The third-order valence-corrected chi connectivity index (χ3v) is 4.36. The summed E-state index contributed by atoms with van der Waals surface area (Å²) in [6.07, 6.45) is 4.82. The summed E-state index contributed by atoms with van der Waals surface area (Å²) in [7, 11) is 1.51. The van der Waals surface area contributed by atoms with Crippen LogP contribution in [0, 0.1) is 0 Å². The molecule has 0 aromatic rings. The van der Waals surface area contributed by atoms with E-state index in [9.17, 15) is 9.59 Å². The van der Waals surface area contributed by atoms with Gasteiger partial charge < -0.3 is 20.3 Å². The minimum absolute atomic E-state index is 0. The van der Waals surface area contributed by atoms with E-state index in [0.29, 0.717) is 26.2 Å². The topological polar surface area (TPSA) is 75.9 Å². The van der Waals surface area contributed by atoms with Crippen molar-refractivity contribution in [1.82, 2.24) is 9.80 Å². The minimum atomic E-state index is -0.670. The fraction of sp³-hybridized carbons (Fsp3) is 0.857. The summed E-state index contributed by atoms with van der Waals surface area (Å²) in [6.45, 7) is 2.41. The Bertz CT molecular complexity index is 364. The molecule has 6 nitrogen and oxygen atoms in total. The zero-order chi connectivity index (χ0) is 14.6. The molecule has 2 N–H and O–H groups in total. The van der Waals surface area contributed by atoms with Crippen LogP contribution in [0.4, 0.5) is 0 Å². The van der Waals surface area contributed by atoms with Crippen molar-refractivity contribution in [2.75, 3.05) is 39.9 Å². The van der Waals surface area contributed by atoms with Crippen LogP contribution in [0.15, 0.2) is 0 Å². The van der Waals surface area contributed by atoms with Gasteiger partial charge in [-0.2, -0.15) is 0 Å². The summed E-state index contributed by atoms with van der Waals surface area (Å²) < 4.78 is 4.85. The molecule has 0 radical (unpaired) electrons. The third-order valence-electron chi connectivity index (χ3n) is 4.36. The van der Waals surface area contributed by atoms with Gasteiger partial charge >= 0.3 is 0 Å². The first kappa shape index (κ1) is 18.2. The van der Waals surface area contributed by atoms with Gasteiger partial charge in [-0.25, -0.2) is 0 Å². The Hall–Kier alpha value is -0.850. The van der Waals surface area contributed by atoms with Gasteiger partial charge in [0.25, 0.3) is 0 Å². The summed E-state index contributed by atoms with van der Waals surface area (Å²) in [4.78, 5) is 27.8. The Balaban J connectivity index is 0.00000220. The number of carbonyl (C=O) groups excluding carboxylic acids is 2. The second kappa shape index (κ2) is 7.96. The number of amides is 2. The standard InChI is InChI=1S/C14H25N3O3.ClH/c1-20-11-12(18)16-7-9-17(10-8-16)13(19)14(15)5-3-2-4-6-14;/h2-11,15H2,1H3;1H. The Morgan fingerprint density at radius 1 is 1.05 bits per heavy atom. The minimum Gasteiger partial charge on any atom is -0.375 e. The van der Waals surface area contributed by atoms with E-state index in [1.807, 2.05) is 4.90 Å². The Morgan fingerprint density at radius 3 is 2.10 bits per heavy atom. The maximum absolute atomic E-state index is 12.5. The van der Waals surface area contributed by atoms with Gasteiger partial charge in [-0.15, -0.1) is 12.4 Å². The normalized spacial score (nSPS) is 21.6. The number of ether oxygens (including phenoxy) is 1. The summed E-state index contributed by atoms with van der Waals surface area (Å²) >= 11 is 0. The van der Waals surface area contributed by atoms with Crippen LogP contribution >= 0.6 is 12.4 Å². The van der Waals surface area contributed by atoms with Gasteiger partial charge in [-0.05, 0) is 12.8 Å². The van der Waals surface area contributed by atoms with Crippen molar-refractivity contribution in [3.05, 3.63) is 0 Å². The van der Waals surface area contributed by atoms with E-state index in [4.69, 9.17) is 10.5 Å². The van der Waals surface area contributed by atoms with Crippen molar-refractivity contribution < 1.29 is 14.3 Å². The zero-order valence-electron chi connectivity index (χ0n) is 12.7. The second-order valence-electron chi connectivity index (χ2n) is 5.82. The molecule has 2 rings (SSSR count). The Labute approximate surface area is 132 Å². The van der Waals surface area contributed by atoms with Gasteiger partial charge in [-0.3, -0.25) is 9.59 Å². The molecule has 1 saturated carbocycles. The van der Waals surface area contributed by atoms with E-state index in [1.165, 1.54) is 13.5 Å². The molecule has 2 fully saturated rings. The molecule has 21 heavy (non-hydrogen) atoms. The Kier molecular flexibility index (Phi) is 6.90. The van der Waals surface area contributed by atoms with Gasteiger partial charge in [-0.1, -0.05) is 19.3 Å². The maximum Gasteiger partial charge on any atom is 0.248 e. The van der Waals surface area contributed by atoms with Gasteiger partial charge in [0.2, 0.25) is 11.8 Å². The van der Waals surface area contributed by atoms with Crippen LogP contribution in [0.2, 0.25) is 0 Å². The average molecular weight is 320 g/mol. The lowest BCUT2D eigenvalue weighted by molar-refractivity contribution is -0.145. The summed E-state index contributed by atoms with van der Waals surface area (Å²) in [5.41, 5.74) is 5.61. The molecule has 1 aliphatic heterocycles.